The molecule has 0 spiro atoms. The number of aliphatic hydroxyl groups is 1. The normalized spacial score (nSPS) is 17.3. The summed E-state index contributed by atoms with van der Waals surface area (Å²) in [5, 5.41) is 11.4. The van der Waals surface area contributed by atoms with Crippen molar-refractivity contribution in [3.05, 3.63) is 100 Å². The highest BCUT2D eigenvalue weighted by molar-refractivity contribution is 6.51. The van der Waals surface area contributed by atoms with Crippen molar-refractivity contribution >= 4 is 23.1 Å². The lowest BCUT2D eigenvalue weighted by molar-refractivity contribution is -0.132. The van der Waals surface area contributed by atoms with Crippen molar-refractivity contribution in [3.8, 4) is 5.75 Å². The van der Waals surface area contributed by atoms with Crippen molar-refractivity contribution in [2.75, 3.05) is 11.5 Å². The molecule has 3 aromatic carbocycles. The van der Waals surface area contributed by atoms with Crippen LogP contribution in [-0.4, -0.2) is 23.4 Å². The number of carbonyl (C=O) groups is 2. The van der Waals surface area contributed by atoms with Crippen LogP contribution in [-0.2, 0) is 9.59 Å². The third kappa shape index (κ3) is 4.72. The van der Waals surface area contributed by atoms with Gasteiger partial charge in [-0.1, -0.05) is 61.9 Å². The van der Waals surface area contributed by atoms with Crippen LogP contribution in [0.3, 0.4) is 0 Å². The molecule has 1 saturated heterocycles. The average Bonchev–Trinajstić information content (AvgIpc) is 3.08. The zero-order valence-corrected chi connectivity index (χ0v) is 20.8. The molecular formula is C30H31NO4. The molecule has 0 radical (unpaired) electrons. The number of ether oxygens (including phenoxy) is 1. The molecule has 1 unspecified atom stereocenters. The molecule has 3 aromatic rings. The minimum absolute atomic E-state index is 0.0800. The van der Waals surface area contributed by atoms with E-state index in [9.17, 15) is 14.7 Å². The molecule has 1 atom stereocenters. The van der Waals surface area contributed by atoms with Gasteiger partial charge in [0.05, 0.1) is 18.2 Å². The molecule has 1 amide bonds. The monoisotopic (exact) mass is 469 g/mol. The summed E-state index contributed by atoms with van der Waals surface area (Å²) in [6.07, 6.45) is 0. The molecule has 180 valence electrons. The molecular weight excluding hydrogens is 438 g/mol. The summed E-state index contributed by atoms with van der Waals surface area (Å²) in [4.78, 5) is 28.2. The fourth-order valence-corrected chi connectivity index (χ4v) is 4.48. The van der Waals surface area contributed by atoms with Crippen LogP contribution >= 0.6 is 0 Å². The Kier molecular flexibility index (Phi) is 6.79. The predicted octanol–water partition coefficient (Wildman–Crippen LogP) is 6.27. The van der Waals surface area contributed by atoms with Crippen LogP contribution in [0.15, 0.2) is 72.3 Å². The van der Waals surface area contributed by atoms with Gasteiger partial charge in [-0.3, -0.25) is 14.5 Å². The number of anilines is 1. The van der Waals surface area contributed by atoms with Gasteiger partial charge in [0.25, 0.3) is 11.7 Å². The molecule has 5 nitrogen and oxygen atoms in total. The largest absolute Gasteiger partial charge is 0.507 e. The van der Waals surface area contributed by atoms with E-state index in [4.69, 9.17) is 4.74 Å². The van der Waals surface area contributed by atoms with Crippen LogP contribution in [0.25, 0.3) is 5.76 Å². The van der Waals surface area contributed by atoms with Gasteiger partial charge in [-0.25, -0.2) is 0 Å². The zero-order chi connectivity index (χ0) is 25.3. The van der Waals surface area contributed by atoms with Gasteiger partial charge in [0.1, 0.15) is 11.5 Å². The molecule has 0 saturated carbocycles. The summed E-state index contributed by atoms with van der Waals surface area (Å²) in [5.41, 5.74) is 4.75. The molecule has 1 aliphatic rings. The Morgan fingerprint density at radius 3 is 2.29 bits per heavy atom. The second kappa shape index (κ2) is 9.79. The molecule has 1 aliphatic heterocycles. The number of rotatable bonds is 6. The lowest BCUT2D eigenvalue weighted by Gasteiger charge is -2.27. The van der Waals surface area contributed by atoms with Crippen molar-refractivity contribution in [2.24, 2.45) is 5.92 Å². The molecule has 1 N–H and O–H groups in total. The van der Waals surface area contributed by atoms with Crippen LogP contribution in [0, 0.1) is 26.7 Å². The Labute approximate surface area is 206 Å². The number of aliphatic hydroxyl groups excluding tert-OH is 1. The van der Waals surface area contributed by atoms with Gasteiger partial charge in [0.15, 0.2) is 0 Å². The lowest BCUT2D eigenvalue weighted by Crippen LogP contribution is -2.30. The minimum atomic E-state index is -0.741. The summed E-state index contributed by atoms with van der Waals surface area (Å²) in [6.45, 7) is 10.5. The van der Waals surface area contributed by atoms with Crippen molar-refractivity contribution in [1.82, 2.24) is 0 Å². The van der Waals surface area contributed by atoms with Gasteiger partial charge >= 0.3 is 0 Å². The first-order valence-corrected chi connectivity index (χ1v) is 11.9. The average molecular weight is 470 g/mol. The highest BCUT2D eigenvalue weighted by atomic mass is 16.5. The van der Waals surface area contributed by atoms with Crippen LogP contribution in [0.2, 0.25) is 0 Å². The number of hydrogen-bond donors (Lipinski definition) is 1. The maximum atomic E-state index is 13.4. The van der Waals surface area contributed by atoms with Gasteiger partial charge in [-0.2, -0.15) is 0 Å². The van der Waals surface area contributed by atoms with Crippen molar-refractivity contribution in [3.63, 3.8) is 0 Å². The molecule has 35 heavy (non-hydrogen) atoms. The van der Waals surface area contributed by atoms with Crippen LogP contribution in [0.5, 0.6) is 5.75 Å². The maximum Gasteiger partial charge on any atom is 0.300 e. The summed E-state index contributed by atoms with van der Waals surface area (Å²) >= 11 is 0. The number of benzene rings is 3. The Morgan fingerprint density at radius 1 is 0.943 bits per heavy atom. The number of ketones is 1. The van der Waals surface area contributed by atoms with Gasteiger partial charge in [-0.15, -0.1) is 0 Å². The molecule has 4 rings (SSSR count). The Hall–Kier alpha value is -3.86. The highest BCUT2D eigenvalue weighted by Gasteiger charge is 2.47. The van der Waals surface area contributed by atoms with E-state index in [1.165, 1.54) is 4.90 Å². The van der Waals surface area contributed by atoms with Crippen molar-refractivity contribution in [2.45, 2.75) is 40.7 Å². The highest BCUT2D eigenvalue weighted by Crippen LogP contribution is 2.43. The van der Waals surface area contributed by atoms with Crippen molar-refractivity contribution < 1.29 is 19.4 Å². The Morgan fingerprint density at radius 2 is 1.66 bits per heavy atom. The smallest absolute Gasteiger partial charge is 0.300 e. The van der Waals surface area contributed by atoms with Crippen molar-refractivity contribution in [1.29, 1.82) is 0 Å². The number of aryl methyl sites for hydroxylation is 3. The molecule has 0 bridgehead atoms. The first kappa shape index (κ1) is 24.3. The number of nitrogens with zero attached hydrogens (tertiary/aromatic N) is 1. The van der Waals surface area contributed by atoms with Gasteiger partial charge < -0.3 is 9.84 Å². The first-order chi connectivity index (χ1) is 16.7. The molecule has 1 fully saturated rings. The van der Waals surface area contributed by atoms with E-state index in [1.807, 2.05) is 69.3 Å². The quantitative estimate of drug-likeness (QED) is 0.262. The van der Waals surface area contributed by atoms with E-state index in [0.29, 0.717) is 23.8 Å². The maximum absolute atomic E-state index is 13.4. The Bertz CT molecular complexity index is 1310. The summed E-state index contributed by atoms with van der Waals surface area (Å²) in [7, 11) is 0. The standard InChI is InChI=1S/C30H31NO4/c1-18(2)17-35-25-14-12-23(16-21(25)5)28(32)26-27(22-9-7-6-8-10-22)31(30(34)29(26)33)24-13-11-19(3)15-20(24)4/h6-16,18,27,32H,17H2,1-5H3/b28-26+. The fourth-order valence-electron chi connectivity index (χ4n) is 4.48. The van der Waals surface area contributed by atoms with E-state index in [2.05, 4.69) is 13.8 Å². The van der Waals surface area contributed by atoms with E-state index < -0.39 is 17.7 Å². The lowest BCUT2D eigenvalue weighted by atomic mass is 9.94. The van der Waals surface area contributed by atoms with Gasteiger partial charge in [0.2, 0.25) is 0 Å². The second-order valence-corrected chi connectivity index (χ2v) is 9.55. The van der Waals surface area contributed by atoms with E-state index in [1.54, 1.807) is 18.2 Å². The number of hydrogen-bond acceptors (Lipinski definition) is 4. The van der Waals surface area contributed by atoms with Crippen LogP contribution in [0.4, 0.5) is 5.69 Å². The topological polar surface area (TPSA) is 66.8 Å². The third-order valence-corrected chi connectivity index (χ3v) is 6.19. The number of amides is 1. The molecule has 0 aliphatic carbocycles. The number of Topliss-reactive ketones (excluding diaryl/α,β-unsaturated/α-hetero) is 1. The third-order valence-electron chi connectivity index (χ3n) is 6.19. The molecule has 0 aromatic heterocycles. The Balaban J connectivity index is 1.85. The van der Waals surface area contributed by atoms with E-state index in [-0.39, 0.29) is 11.3 Å². The van der Waals surface area contributed by atoms with Crippen LogP contribution in [0.1, 0.15) is 47.7 Å². The van der Waals surface area contributed by atoms with Crippen LogP contribution < -0.4 is 9.64 Å². The zero-order valence-electron chi connectivity index (χ0n) is 20.8. The molecule has 1 heterocycles. The van der Waals surface area contributed by atoms with Gasteiger partial charge in [0, 0.05) is 11.3 Å². The first-order valence-electron chi connectivity index (χ1n) is 11.9. The predicted molar refractivity (Wildman–Crippen MR) is 139 cm³/mol. The fraction of sp³-hybridized carbons (Fsp3) is 0.267. The summed E-state index contributed by atoms with van der Waals surface area (Å²) in [5.74, 6) is -0.432. The van der Waals surface area contributed by atoms with E-state index in [0.717, 1.165) is 28.0 Å². The molecule has 5 heteroatoms. The number of carbonyl (C=O) groups excluding carboxylic acids is 2. The summed E-state index contributed by atoms with van der Waals surface area (Å²) in [6, 6.07) is 19.7. The van der Waals surface area contributed by atoms with E-state index >= 15 is 0 Å². The SMILES string of the molecule is Cc1ccc(N2C(=O)C(=O)/C(=C(/O)c3ccc(OCC(C)C)c(C)c3)C2c2ccccc2)c(C)c1. The minimum Gasteiger partial charge on any atom is -0.507 e. The second-order valence-electron chi connectivity index (χ2n) is 9.55. The van der Waals surface area contributed by atoms with Gasteiger partial charge in [-0.05, 0) is 67.6 Å². The summed E-state index contributed by atoms with van der Waals surface area (Å²) < 4.78 is 5.86.